The van der Waals surface area contributed by atoms with Crippen molar-refractivity contribution in [3.8, 4) is 0 Å². The third kappa shape index (κ3) is 2.73. The molecule has 0 fully saturated rings. The van der Waals surface area contributed by atoms with Crippen molar-refractivity contribution in [2.24, 2.45) is 0 Å². The number of thioether (sulfide) groups is 1. The van der Waals surface area contributed by atoms with E-state index in [1.807, 2.05) is 0 Å². The molecule has 0 saturated carbocycles. The summed E-state index contributed by atoms with van der Waals surface area (Å²) in [7, 11) is 0. The monoisotopic (exact) mass is 171 g/mol. The fourth-order valence-electron chi connectivity index (χ4n) is 0.551. The highest BCUT2D eigenvalue weighted by Crippen LogP contribution is 2.12. The second-order valence-corrected chi connectivity index (χ2v) is 2.97. The Hall–Kier alpha value is -0.810. The van der Waals surface area contributed by atoms with E-state index in [9.17, 15) is 0 Å². The summed E-state index contributed by atoms with van der Waals surface area (Å²) in [6.45, 7) is 0.150. The molecule has 5 heteroatoms. The number of rotatable bonds is 3. The highest BCUT2D eigenvalue weighted by Gasteiger charge is 1.93. The number of aromatic nitrogens is 2. The predicted octanol–water partition coefficient (Wildman–Crippen LogP) is 0.143. The summed E-state index contributed by atoms with van der Waals surface area (Å²) in [5.74, 6) is 1.05. The van der Waals surface area contributed by atoms with E-state index in [0.717, 1.165) is 5.03 Å². The molecule has 0 unspecified atom stereocenters. The zero-order valence-corrected chi connectivity index (χ0v) is 6.71. The van der Waals surface area contributed by atoms with Crippen LogP contribution in [0.25, 0.3) is 0 Å². The maximum absolute atomic E-state index is 8.49. The lowest BCUT2D eigenvalue weighted by Crippen LogP contribution is -1.93. The molecule has 1 rings (SSSR count). The highest BCUT2D eigenvalue weighted by atomic mass is 32.2. The first kappa shape index (κ1) is 8.29. The predicted molar refractivity (Wildman–Crippen MR) is 44.3 cm³/mol. The van der Waals surface area contributed by atoms with Gasteiger partial charge in [-0.05, 0) is 0 Å². The van der Waals surface area contributed by atoms with Gasteiger partial charge in [0.15, 0.2) is 0 Å². The van der Waals surface area contributed by atoms with Gasteiger partial charge in [0.25, 0.3) is 0 Å². The summed E-state index contributed by atoms with van der Waals surface area (Å²) < 4.78 is 0. The fourth-order valence-corrected chi connectivity index (χ4v) is 1.11. The van der Waals surface area contributed by atoms with Crippen molar-refractivity contribution in [2.75, 3.05) is 18.1 Å². The molecule has 0 aromatic carbocycles. The molecule has 3 N–H and O–H groups in total. The van der Waals surface area contributed by atoms with Gasteiger partial charge in [0, 0.05) is 5.75 Å². The first-order valence-corrected chi connectivity index (χ1v) is 4.12. The summed E-state index contributed by atoms with van der Waals surface area (Å²) in [6.07, 6.45) is 3.09. The van der Waals surface area contributed by atoms with Crippen LogP contribution < -0.4 is 5.73 Å². The minimum absolute atomic E-state index is 0.150. The molecule has 4 nitrogen and oxygen atoms in total. The molecular weight excluding hydrogens is 162 g/mol. The van der Waals surface area contributed by atoms with E-state index in [1.54, 1.807) is 6.20 Å². The molecule has 0 bridgehead atoms. The van der Waals surface area contributed by atoms with Gasteiger partial charge in [-0.3, -0.25) is 0 Å². The normalized spacial score (nSPS) is 9.91. The molecule has 0 atom stereocenters. The van der Waals surface area contributed by atoms with E-state index >= 15 is 0 Å². The van der Waals surface area contributed by atoms with Crippen LogP contribution in [0.2, 0.25) is 0 Å². The largest absolute Gasteiger partial charge is 0.396 e. The Morgan fingerprint density at radius 3 is 2.82 bits per heavy atom. The molecule has 0 spiro atoms. The van der Waals surface area contributed by atoms with Crippen LogP contribution in [-0.2, 0) is 0 Å². The van der Waals surface area contributed by atoms with Crippen molar-refractivity contribution >= 4 is 17.6 Å². The number of aliphatic hydroxyl groups excluding tert-OH is 1. The van der Waals surface area contributed by atoms with Crippen molar-refractivity contribution < 1.29 is 5.11 Å². The van der Waals surface area contributed by atoms with E-state index < -0.39 is 0 Å². The van der Waals surface area contributed by atoms with E-state index in [0.29, 0.717) is 11.6 Å². The van der Waals surface area contributed by atoms with Crippen LogP contribution in [0.5, 0.6) is 0 Å². The average Bonchev–Trinajstić information content (AvgIpc) is 2.04. The zero-order chi connectivity index (χ0) is 8.10. The van der Waals surface area contributed by atoms with E-state index in [1.165, 1.54) is 18.0 Å². The first-order valence-electron chi connectivity index (χ1n) is 3.14. The van der Waals surface area contributed by atoms with Crippen molar-refractivity contribution in [2.45, 2.75) is 5.03 Å². The maximum atomic E-state index is 8.49. The van der Waals surface area contributed by atoms with Crippen LogP contribution in [-0.4, -0.2) is 27.4 Å². The topological polar surface area (TPSA) is 72.0 Å². The molecule has 1 aromatic heterocycles. The van der Waals surface area contributed by atoms with Gasteiger partial charge in [-0.1, -0.05) is 0 Å². The standard InChI is InChI=1S/C6H9N3OS/c7-5-3-9-6(4-8-5)11-2-1-10/h3-4,10H,1-2H2,(H2,7,8). The van der Waals surface area contributed by atoms with Gasteiger partial charge >= 0.3 is 0 Å². The smallest absolute Gasteiger partial charge is 0.141 e. The quantitative estimate of drug-likeness (QED) is 0.633. The molecule has 0 aliphatic heterocycles. The number of aliphatic hydroxyl groups is 1. The molecule has 0 saturated heterocycles. The number of nitrogens with zero attached hydrogens (tertiary/aromatic N) is 2. The van der Waals surface area contributed by atoms with E-state index in [-0.39, 0.29) is 6.61 Å². The number of hydrogen-bond donors (Lipinski definition) is 2. The van der Waals surface area contributed by atoms with Gasteiger partial charge in [-0.15, -0.1) is 11.8 Å². The molecule has 11 heavy (non-hydrogen) atoms. The van der Waals surface area contributed by atoms with E-state index in [2.05, 4.69) is 9.97 Å². The van der Waals surface area contributed by atoms with Crippen LogP contribution in [0.1, 0.15) is 0 Å². The number of nitrogens with two attached hydrogens (primary N) is 1. The Morgan fingerprint density at radius 2 is 2.27 bits per heavy atom. The lowest BCUT2D eigenvalue weighted by molar-refractivity contribution is 0.322. The van der Waals surface area contributed by atoms with Gasteiger partial charge < -0.3 is 10.8 Å². The lowest BCUT2D eigenvalue weighted by Gasteiger charge is -1.96. The van der Waals surface area contributed by atoms with Crippen molar-refractivity contribution in [3.63, 3.8) is 0 Å². The lowest BCUT2D eigenvalue weighted by atomic mass is 10.7. The molecule has 60 valence electrons. The number of hydrogen-bond acceptors (Lipinski definition) is 5. The third-order valence-electron chi connectivity index (χ3n) is 0.989. The van der Waals surface area contributed by atoms with Crippen LogP contribution in [0.4, 0.5) is 5.82 Å². The SMILES string of the molecule is Nc1cnc(SCCO)cn1. The summed E-state index contributed by atoms with van der Waals surface area (Å²) >= 11 is 1.45. The second kappa shape index (κ2) is 4.15. The highest BCUT2D eigenvalue weighted by molar-refractivity contribution is 7.99. The van der Waals surface area contributed by atoms with Crippen molar-refractivity contribution in [1.29, 1.82) is 0 Å². The summed E-state index contributed by atoms with van der Waals surface area (Å²) in [4.78, 5) is 7.82. The minimum Gasteiger partial charge on any atom is -0.396 e. The fraction of sp³-hybridized carbons (Fsp3) is 0.333. The van der Waals surface area contributed by atoms with Gasteiger partial charge in [0.05, 0.1) is 19.0 Å². The summed E-state index contributed by atoms with van der Waals surface area (Å²) in [5, 5.41) is 9.27. The average molecular weight is 171 g/mol. The van der Waals surface area contributed by atoms with Gasteiger partial charge in [0.2, 0.25) is 0 Å². The van der Waals surface area contributed by atoms with Crippen LogP contribution >= 0.6 is 11.8 Å². The molecule has 0 amide bonds. The van der Waals surface area contributed by atoms with Crippen LogP contribution in [0, 0.1) is 0 Å². The van der Waals surface area contributed by atoms with Gasteiger partial charge in [-0.2, -0.15) is 0 Å². The Bertz CT molecular complexity index is 214. The van der Waals surface area contributed by atoms with Crippen molar-refractivity contribution in [3.05, 3.63) is 12.4 Å². The molecule has 1 heterocycles. The van der Waals surface area contributed by atoms with Gasteiger partial charge in [0.1, 0.15) is 10.8 Å². The molecule has 0 aliphatic rings. The molecule has 0 aliphatic carbocycles. The number of anilines is 1. The Labute approximate surface area is 68.9 Å². The van der Waals surface area contributed by atoms with Gasteiger partial charge in [-0.25, -0.2) is 9.97 Å². The van der Waals surface area contributed by atoms with Crippen molar-refractivity contribution in [1.82, 2.24) is 9.97 Å². The minimum atomic E-state index is 0.150. The Morgan fingerprint density at radius 1 is 1.45 bits per heavy atom. The Balaban J connectivity index is 2.52. The molecule has 1 aromatic rings. The van der Waals surface area contributed by atoms with Crippen LogP contribution in [0.3, 0.4) is 0 Å². The second-order valence-electron chi connectivity index (χ2n) is 1.85. The Kier molecular flexibility index (Phi) is 3.13. The summed E-state index contributed by atoms with van der Waals surface area (Å²) in [6, 6.07) is 0. The molecular formula is C6H9N3OS. The van der Waals surface area contributed by atoms with Crippen LogP contribution in [0.15, 0.2) is 17.4 Å². The first-order chi connectivity index (χ1) is 5.33. The summed E-state index contributed by atoms with van der Waals surface area (Å²) in [5.41, 5.74) is 5.32. The third-order valence-corrected chi connectivity index (χ3v) is 1.88. The number of nitrogen functional groups attached to an aromatic ring is 1. The molecule has 0 radical (unpaired) electrons. The zero-order valence-electron chi connectivity index (χ0n) is 5.90. The van der Waals surface area contributed by atoms with E-state index in [4.69, 9.17) is 10.8 Å². The maximum Gasteiger partial charge on any atom is 0.141 e.